The number of carbonyl (C=O) groups is 1. The largest absolute Gasteiger partial charge is 0.495 e. The Kier molecular flexibility index (Phi) is 6.73. The number of rotatable bonds is 7. The molecule has 0 aliphatic carbocycles. The van der Waals surface area contributed by atoms with Gasteiger partial charge in [-0.1, -0.05) is 12.1 Å². The molecule has 1 fully saturated rings. The Labute approximate surface area is 170 Å². The van der Waals surface area contributed by atoms with Gasteiger partial charge in [-0.2, -0.15) is 0 Å². The molecule has 0 saturated carbocycles. The van der Waals surface area contributed by atoms with Crippen LogP contribution in [0, 0.1) is 0 Å². The molecule has 1 amide bonds. The molecular formula is C20H25N3O5S. The van der Waals surface area contributed by atoms with Crippen LogP contribution >= 0.6 is 0 Å². The number of amides is 1. The van der Waals surface area contributed by atoms with E-state index in [1.165, 1.54) is 13.2 Å². The molecule has 3 rings (SSSR count). The molecule has 1 aliphatic rings. The number of hydrogen-bond acceptors (Lipinski definition) is 6. The Morgan fingerprint density at radius 1 is 1.17 bits per heavy atom. The fraction of sp³-hybridized carbons (Fsp3) is 0.350. The average molecular weight is 420 g/mol. The summed E-state index contributed by atoms with van der Waals surface area (Å²) in [5, 5.41) is 2.80. The minimum atomic E-state index is -3.48. The predicted molar refractivity (Wildman–Crippen MR) is 112 cm³/mol. The first-order valence-corrected chi connectivity index (χ1v) is 11.1. The number of anilines is 2. The Balaban J connectivity index is 1.72. The molecule has 2 aromatic rings. The van der Waals surface area contributed by atoms with E-state index in [-0.39, 0.29) is 11.6 Å². The van der Waals surface area contributed by atoms with Crippen molar-refractivity contribution < 1.29 is 22.7 Å². The average Bonchev–Trinajstić information content (AvgIpc) is 2.68. The van der Waals surface area contributed by atoms with Gasteiger partial charge in [-0.3, -0.25) is 14.4 Å². The normalized spacial score (nSPS) is 15.0. The molecule has 1 saturated heterocycles. The van der Waals surface area contributed by atoms with Crippen molar-refractivity contribution in [3.05, 3.63) is 53.6 Å². The maximum atomic E-state index is 12.7. The second-order valence-electron chi connectivity index (χ2n) is 6.83. The number of nitrogens with one attached hydrogen (secondary N) is 2. The van der Waals surface area contributed by atoms with Gasteiger partial charge in [0.15, 0.2) is 0 Å². The van der Waals surface area contributed by atoms with Gasteiger partial charge in [0.2, 0.25) is 10.0 Å². The van der Waals surface area contributed by atoms with Gasteiger partial charge in [0.05, 0.1) is 32.3 Å². The maximum absolute atomic E-state index is 12.7. The molecular weight excluding hydrogens is 394 g/mol. The monoisotopic (exact) mass is 419 g/mol. The zero-order valence-corrected chi connectivity index (χ0v) is 17.3. The lowest BCUT2D eigenvalue weighted by molar-refractivity contribution is 0.0342. The second kappa shape index (κ2) is 9.25. The minimum absolute atomic E-state index is 0.258. The summed E-state index contributed by atoms with van der Waals surface area (Å²) in [6.45, 7) is 3.95. The van der Waals surface area contributed by atoms with Crippen LogP contribution in [0.1, 0.15) is 15.9 Å². The fourth-order valence-electron chi connectivity index (χ4n) is 3.10. The highest BCUT2D eigenvalue weighted by Gasteiger charge is 2.14. The van der Waals surface area contributed by atoms with Crippen LogP contribution in [0.3, 0.4) is 0 Å². The molecule has 8 nitrogen and oxygen atoms in total. The summed E-state index contributed by atoms with van der Waals surface area (Å²) >= 11 is 0. The maximum Gasteiger partial charge on any atom is 0.255 e. The van der Waals surface area contributed by atoms with E-state index in [2.05, 4.69) is 14.9 Å². The van der Waals surface area contributed by atoms with Gasteiger partial charge in [-0.15, -0.1) is 0 Å². The van der Waals surface area contributed by atoms with Gasteiger partial charge in [0.25, 0.3) is 5.91 Å². The number of sulfonamides is 1. The van der Waals surface area contributed by atoms with E-state index in [0.717, 1.165) is 44.7 Å². The van der Waals surface area contributed by atoms with Crippen molar-refractivity contribution >= 4 is 27.3 Å². The van der Waals surface area contributed by atoms with E-state index >= 15 is 0 Å². The van der Waals surface area contributed by atoms with Crippen LogP contribution in [0.5, 0.6) is 5.75 Å². The first-order chi connectivity index (χ1) is 13.8. The zero-order chi connectivity index (χ0) is 20.9. The minimum Gasteiger partial charge on any atom is -0.495 e. The molecule has 1 heterocycles. The summed E-state index contributed by atoms with van der Waals surface area (Å²) in [6, 6.07) is 12.2. The van der Waals surface area contributed by atoms with Crippen LogP contribution in [0.25, 0.3) is 0 Å². The number of ether oxygens (including phenoxy) is 2. The van der Waals surface area contributed by atoms with Gasteiger partial charge < -0.3 is 14.8 Å². The number of morpholine rings is 1. The van der Waals surface area contributed by atoms with Crippen molar-refractivity contribution in [3.63, 3.8) is 0 Å². The summed E-state index contributed by atoms with van der Waals surface area (Å²) in [5.74, 6) is 0.0882. The van der Waals surface area contributed by atoms with Crippen molar-refractivity contribution in [3.8, 4) is 5.75 Å². The highest BCUT2D eigenvalue weighted by molar-refractivity contribution is 7.92. The first-order valence-electron chi connectivity index (χ1n) is 9.20. The number of methoxy groups -OCH3 is 1. The Morgan fingerprint density at radius 3 is 2.62 bits per heavy atom. The van der Waals surface area contributed by atoms with Crippen LogP contribution in [0.4, 0.5) is 11.4 Å². The van der Waals surface area contributed by atoms with Crippen LogP contribution in [-0.2, 0) is 21.3 Å². The number of hydrogen-bond donors (Lipinski definition) is 2. The smallest absolute Gasteiger partial charge is 0.255 e. The van der Waals surface area contributed by atoms with E-state index in [1.54, 1.807) is 18.2 Å². The second-order valence-corrected chi connectivity index (χ2v) is 8.58. The standard InChI is InChI=1S/C20H25N3O5S/c1-27-19-7-6-17(13-18(19)22-29(2,25)26)21-20(24)16-5-3-4-15(12-16)14-23-8-10-28-11-9-23/h3-7,12-13,22H,8-11,14H2,1-2H3,(H,21,24). The highest BCUT2D eigenvalue weighted by Crippen LogP contribution is 2.28. The van der Waals surface area contributed by atoms with Gasteiger partial charge in [0.1, 0.15) is 5.75 Å². The van der Waals surface area contributed by atoms with E-state index in [4.69, 9.17) is 9.47 Å². The lowest BCUT2D eigenvalue weighted by Crippen LogP contribution is -2.35. The molecule has 29 heavy (non-hydrogen) atoms. The summed E-state index contributed by atoms with van der Waals surface area (Å²) in [6.07, 6.45) is 1.05. The molecule has 1 aliphatic heterocycles. The first kappa shape index (κ1) is 21.1. The van der Waals surface area contributed by atoms with Gasteiger partial charge in [-0.25, -0.2) is 8.42 Å². The summed E-state index contributed by atoms with van der Waals surface area (Å²) in [5.41, 5.74) is 2.30. The third kappa shape index (κ3) is 6.18. The van der Waals surface area contributed by atoms with Crippen molar-refractivity contribution in [2.45, 2.75) is 6.54 Å². The molecule has 156 valence electrons. The van der Waals surface area contributed by atoms with Crippen molar-refractivity contribution in [1.82, 2.24) is 4.90 Å². The molecule has 9 heteroatoms. The zero-order valence-electron chi connectivity index (χ0n) is 16.5. The topological polar surface area (TPSA) is 97.0 Å². The SMILES string of the molecule is COc1ccc(NC(=O)c2cccc(CN3CCOCC3)c2)cc1NS(C)(=O)=O. The van der Waals surface area contributed by atoms with Crippen molar-refractivity contribution in [2.24, 2.45) is 0 Å². The van der Waals surface area contributed by atoms with Crippen molar-refractivity contribution in [2.75, 3.05) is 49.7 Å². The Bertz CT molecular complexity index is 972. The highest BCUT2D eigenvalue weighted by atomic mass is 32.2. The third-order valence-electron chi connectivity index (χ3n) is 4.45. The molecule has 0 bridgehead atoms. The molecule has 0 atom stereocenters. The molecule has 2 aromatic carbocycles. The number of benzene rings is 2. The number of nitrogens with zero attached hydrogens (tertiary/aromatic N) is 1. The third-order valence-corrected chi connectivity index (χ3v) is 5.04. The van der Waals surface area contributed by atoms with E-state index < -0.39 is 10.0 Å². The summed E-state index contributed by atoms with van der Waals surface area (Å²) in [7, 11) is -2.04. The molecule has 0 spiro atoms. The quantitative estimate of drug-likeness (QED) is 0.714. The van der Waals surface area contributed by atoms with E-state index in [0.29, 0.717) is 17.0 Å². The lowest BCUT2D eigenvalue weighted by Gasteiger charge is -2.26. The van der Waals surface area contributed by atoms with Gasteiger partial charge in [-0.05, 0) is 35.9 Å². The van der Waals surface area contributed by atoms with E-state index in [1.807, 2.05) is 18.2 Å². The van der Waals surface area contributed by atoms with Crippen LogP contribution < -0.4 is 14.8 Å². The molecule has 2 N–H and O–H groups in total. The van der Waals surface area contributed by atoms with Gasteiger partial charge >= 0.3 is 0 Å². The lowest BCUT2D eigenvalue weighted by atomic mass is 10.1. The summed E-state index contributed by atoms with van der Waals surface area (Å²) in [4.78, 5) is 15.0. The van der Waals surface area contributed by atoms with Crippen molar-refractivity contribution in [1.29, 1.82) is 0 Å². The van der Waals surface area contributed by atoms with Gasteiger partial charge in [0, 0.05) is 30.9 Å². The molecule has 0 aromatic heterocycles. The Morgan fingerprint density at radius 2 is 1.93 bits per heavy atom. The van der Waals surface area contributed by atoms with E-state index in [9.17, 15) is 13.2 Å². The van der Waals surface area contributed by atoms with Crippen LogP contribution in [0.15, 0.2) is 42.5 Å². The molecule has 0 radical (unpaired) electrons. The Hall–Kier alpha value is -2.62. The van der Waals surface area contributed by atoms with Crippen LogP contribution in [0.2, 0.25) is 0 Å². The number of carbonyl (C=O) groups excluding carboxylic acids is 1. The molecule has 0 unspecified atom stereocenters. The summed E-state index contributed by atoms with van der Waals surface area (Å²) < 4.78 is 36.0. The fourth-order valence-corrected chi connectivity index (χ4v) is 3.66. The van der Waals surface area contributed by atoms with Crippen LogP contribution in [-0.4, -0.2) is 58.9 Å². The predicted octanol–water partition coefficient (Wildman–Crippen LogP) is 2.15.